The summed E-state index contributed by atoms with van der Waals surface area (Å²) in [6, 6.07) is 15.2. The first kappa shape index (κ1) is 18.5. The van der Waals surface area contributed by atoms with Crippen molar-refractivity contribution >= 4 is 45.0 Å². The Morgan fingerprint density at radius 1 is 1.10 bits per heavy atom. The minimum Gasteiger partial charge on any atom is -0.456 e. The van der Waals surface area contributed by atoms with E-state index in [-0.39, 0.29) is 6.61 Å². The molecule has 0 aliphatic heterocycles. The van der Waals surface area contributed by atoms with E-state index in [1.807, 2.05) is 59.4 Å². The highest BCUT2D eigenvalue weighted by Crippen LogP contribution is 2.34. The molecule has 5 aromatic rings. The van der Waals surface area contributed by atoms with E-state index in [4.69, 9.17) is 16.3 Å². The predicted molar refractivity (Wildman–Crippen MR) is 118 cm³/mol. The molecule has 0 radical (unpaired) electrons. The molecule has 0 bridgehead atoms. The van der Waals surface area contributed by atoms with Crippen LogP contribution in [0.2, 0.25) is 5.02 Å². The molecule has 3 N–H and O–H groups in total. The van der Waals surface area contributed by atoms with Gasteiger partial charge in [-0.1, -0.05) is 11.6 Å². The van der Waals surface area contributed by atoms with Crippen molar-refractivity contribution in [1.29, 1.82) is 0 Å². The maximum Gasteiger partial charge on any atom is 0.158 e. The van der Waals surface area contributed by atoms with E-state index >= 15 is 0 Å². The molecule has 3 aromatic heterocycles. The lowest BCUT2D eigenvalue weighted by molar-refractivity contribution is 0.278. The van der Waals surface area contributed by atoms with E-state index in [0.29, 0.717) is 28.9 Å². The predicted octanol–water partition coefficient (Wildman–Crippen LogP) is 5.09. The van der Waals surface area contributed by atoms with E-state index in [0.717, 1.165) is 27.6 Å². The molecule has 0 amide bonds. The van der Waals surface area contributed by atoms with Gasteiger partial charge in [-0.2, -0.15) is 0 Å². The van der Waals surface area contributed by atoms with Crippen LogP contribution in [0.4, 0.5) is 11.5 Å². The van der Waals surface area contributed by atoms with Crippen LogP contribution in [0.3, 0.4) is 0 Å². The summed E-state index contributed by atoms with van der Waals surface area (Å²) in [6.45, 7) is 0.495. The minimum atomic E-state index is 0.0320. The number of aliphatic hydroxyl groups excluding tert-OH is 1. The summed E-state index contributed by atoms with van der Waals surface area (Å²) < 4.78 is 7.87. The average molecular weight is 420 g/mol. The van der Waals surface area contributed by atoms with E-state index in [2.05, 4.69) is 20.3 Å². The number of aromatic nitrogens is 4. The Kier molecular flexibility index (Phi) is 4.74. The summed E-state index contributed by atoms with van der Waals surface area (Å²) in [5, 5.41) is 14.2. The number of nitrogens with one attached hydrogen (secondary N) is 2. The molecule has 3 heterocycles. The second-order valence-electron chi connectivity index (χ2n) is 6.79. The second-order valence-corrected chi connectivity index (χ2v) is 7.20. The number of aliphatic hydroxyl groups is 1. The van der Waals surface area contributed by atoms with Gasteiger partial charge < -0.3 is 24.7 Å². The van der Waals surface area contributed by atoms with Gasteiger partial charge >= 0.3 is 0 Å². The third-order valence-electron chi connectivity index (χ3n) is 4.84. The van der Waals surface area contributed by atoms with Crippen molar-refractivity contribution in [1.82, 2.24) is 19.5 Å². The van der Waals surface area contributed by atoms with Crippen LogP contribution in [0, 0.1) is 0 Å². The number of halogens is 1. The number of benzene rings is 2. The summed E-state index contributed by atoms with van der Waals surface area (Å²) in [7, 11) is 0. The van der Waals surface area contributed by atoms with Gasteiger partial charge in [0.25, 0.3) is 0 Å². The van der Waals surface area contributed by atoms with Crippen LogP contribution >= 0.6 is 11.6 Å². The van der Waals surface area contributed by atoms with Gasteiger partial charge in [0.1, 0.15) is 23.3 Å². The van der Waals surface area contributed by atoms with Crippen molar-refractivity contribution in [3.05, 3.63) is 72.3 Å². The molecular formula is C22H18ClN5O2. The normalized spacial score (nSPS) is 11.3. The lowest BCUT2D eigenvalue weighted by atomic mass is 10.2. The average Bonchev–Trinajstić information content (AvgIpc) is 3.38. The number of rotatable bonds is 6. The van der Waals surface area contributed by atoms with E-state index in [1.165, 1.54) is 6.33 Å². The molecule has 0 saturated heterocycles. The fraction of sp³-hybridized carbons (Fsp3) is 0.0909. The Labute approximate surface area is 176 Å². The molecule has 0 unspecified atom stereocenters. The van der Waals surface area contributed by atoms with Gasteiger partial charge in [-0.15, -0.1) is 0 Å². The number of anilines is 2. The molecule has 0 aliphatic carbocycles. The van der Waals surface area contributed by atoms with Crippen molar-refractivity contribution in [2.45, 2.75) is 6.54 Å². The Balaban J connectivity index is 1.41. The molecule has 30 heavy (non-hydrogen) atoms. The molecule has 0 spiro atoms. The molecular weight excluding hydrogens is 402 g/mol. The van der Waals surface area contributed by atoms with Crippen LogP contribution < -0.4 is 10.1 Å². The summed E-state index contributed by atoms with van der Waals surface area (Å²) in [6.07, 6.45) is 5.28. The first-order valence-corrected chi connectivity index (χ1v) is 9.81. The fourth-order valence-corrected chi connectivity index (χ4v) is 3.65. The summed E-state index contributed by atoms with van der Waals surface area (Å²) in [5.74, 6) is 1.90. The Morgan fingerprint density at radius 3 is 2.90 bits per heavy atom. The largest absolute Gasteiger partial charge is 0.456 e. The molecule has 2 aromatic carbocycles. The van der Waals surface area contributed by atoms with E-state index < -0.39 is 0 Å². The van der Waals surface area contributed by atoms with E-state index in [9.17, 15) is 5.11 Å². The van der Waals surface area contributed by atoms with E-state index in [1.54, 1.807) is 6.07 Å². The SMILES string of the molecule is OCCn1ccc2ncnc(Nc3ccc(Oc4ccc5cc[nH]c5c4)c(Cl)c3)c21. The van der Waals surface area contributed by atoms with Crippen molar-refractivity contribution in [3.8, 4) is 11.5 Å². The highest BCUT2D eigenvalue weighted by Gasteiger charge is 2.11. The molecule has 8 heteroatoms. The highest BCUT2D eigenvalue weighted by molar-refractivity contribution is 6.32. The number of hydrogen-bond acceptors (Lipinski definition) is 5. The van der Waals surface area contributed by atoms with Crippen LogP contribution in [0.25, 0.3) is 21.9 Å². The number of nitrogens with zero attached hydrogens (tertiary/aromatic N) is 3. The lowest BCUT2D eigenvalue weighted by Gasteiger charge is -2.12. The highest BCUT2D eigenvalue weighted by atomic mass is 35.5. The molecule has 7 nitrogen and oxygen atoms in total. The number of H-pyrrole nitrogens is 1. The third kappa shape index (κ3) is 3.45. The quantitative estimate of drug-likeness (QED) is 0.356. The van der Waals surface area contributed by atoms with Gasteiger partial charge in [0.15, 0.2) is 5.82 Å². The van der Waals surface area contributed by atoms with Crippen LogP contribution in [0.5, 0.6) is 11.5 Å². The van der Waals surface area contributed by atoms with Crippen LogP contribution in [-0.4, -0.2) is 31.2 Å². The smallest absolute Gasteiger partial charge is 0.158 e. The minimum absolute atomic E-state index is 0.0320. The summed E-state index contributed by atoms with van der Waals surface area (Å²) in [5.41, 5.74) is 3.39. The number of hydrogen-bond donors (Lipinski definition) is 3. The zero-order valence-corrected chi connectivity index (χ0v) is 16.6. The van der Waals surface area contributed by atoms with Crippen LogP contribution in [-0.2, 0) is 6.54 Å². The van der Waals surface area contributed by atoms with Gasteiger partial charge in [0.2, 0.25) is 0 Å². The topological polar surface area (TPSA) is 88.0 Å². The first-order chi connectivity index (χ1) is 14.7. The molecule has 150 valence electrons. The van der Waals surface area contributed by atoms with Gasteiger partial charge in [-0.3, -0.25) is 0 Å². The van der Waals surface area contributed by atoms with Crippen molar-refractivity contribution < 1.29 is 9.84 Å². The van der Waals surface area contributed by atoms with Gasteiger partial charge in [-0.25, -0.2) is 9.97 Å². The van der Waals surface area contributed by atoms with Gasteiger partial charge in [-0.05, 0) is 47.9 Å². The van der Waals surface area contributed by atoms with Crippen molar-refractivity contribution in [3.63, 3.8) is 0 Å². The monoisotopic (exact) mass is 419 g/mol. The zero-order chi connectivity index (χ0) is 20.5. The molecule has 0 saturated carbocycles. The maximum atomic E-state index is 9.30. The van der Waals surface area contributed by atoms with Crippen LogP contribution in [0.1, 0.15) is 0 Å². The fourth-order valence-electron chi connectivity index (χ4n) is 3.43. The van der Waals surface area contributed by atoms with Crippen LogP contribution in [0.15, 0.2) is 67.3 Å². The lowest BCUT2D eigenvalue weighted by Crippen LogP contribution is -2.04. The first-order valence-electron chi connectivity index (χ1n) is 9.43. The molecule has 5 rings (SSSR count). The zero-order valence-electron chi connectivity index (χ0n) is 15.8. The van der Waals surface area contributed by atoms with Crippen molar-refractivity contribution in [2.24, 2.45) is 0 Å². The number of fused-ring (bicyclic) bond motifs is 2. The van der Waals surface area contributed by atoms with Gasteiger partial charge in [0, 0.05) is 36.2 Å². The molecule has 0 atom stereocenters. The Morgan fingerprint density at radius 2 is 2.03 bits per heavy atom. The molecule has 0 fully saturated rings. The second kappa shape index (κ2) is 7.70. The van der Waals surface area contributed by atoms with Gasteiger partial charge in [0.05, 0.1) is 17.1 Å². The number of aromatic amines is 1. The summed E-state index contributed by atoms with van der Waals surface area (Å²) in [4.78, 5) is 11.8. The standard InChI is InChI=1S/C22H18ClN5O2/c23-17-11-15(27-22-21-18(25-13-26-22)6-8-28(21)9-10-29)2-4-20(17)30-16-3-1-14-5-7-24-19(14)12-16/h1-8,11-13,24,29H,9-10H2,(H,25,26,27). The summed E-state index contributed by atoms with van der Waals surface area (Å²) >= 11 is 6.48. The third-order valence-corrected chi connectivity index (χ3v) is 5.14. The maximum absolute atomic E-state index is 9.30. The Hall–Kier alpha value is -3.55. The number of ether oxygens (including phenoxy) is 1. The molecule has 0 aliphatic rings. The van der Waals surface area contributed by atoms with Crippen molar-refractivity contribution in [2.75, 3.05) is 11.9 Å². The Bertz CT molecular complexity index is 1340.